The molecule has 1 fully saturated rings. The Balaban J connectivity index is 1.58. The summed E-state index contributed by atoms with van der Waals surface area (Å²) >= 11 is 0. The Kier molecular flexibility index (Phi) is 5.41. The molecule has 0 aromatic heterocycles. The van der Waals surface area contributed by atoms with Crippen LogP contribution in [-0.2, 0) is 6.54 Å². The maximum absolute atomic E-state index is 12.4. The third-order valence-corrected chi connectivity index (χ3v) is 4.18. The number of amides is 3. The minimum absolute atomic E-state index is 0.175. The molecule has 2 aromatic carbocycles. The molecule has 3 rings (SSSR count). The number of nitrogens with one attached hydrogen (secondary N) is 3. The van der Waals surface area contributed by atoms with Crippen LogP contribution in [0.4, 0.5) is 16.2 Å². The van der Waals surface area contributed by atoms with E-state index in [1.165, 1.54) is 0 Å². The van der Waals surface area contributed by atoms with Crippen molar-refractivity contribution in [3.8, 4) is 0 Å². The van der Waals surface area contributed by atoms with Gasteiger partial charge in [-0.15, -0.1) is 0 Å². The Hall–Kier alpha value is -3.02. The second-order valence-electron chi connectivity index (χ2n) is 6.70. The summed E-state index contributed by atoms with van der Waals surface area (Å²) in [6, 6.07) is 15.0. The largest absolute Gasteiger partial charge is 0.378 e. The number of benzene rings is 2. The van der Waals surface area contributed by atoms with E-state index in [2.05, 4.69) is 16.0 Å². The van der Waals surface area contributed by atoms with E-state index in [9.17, 15) is 9.59 Å². The number of hydrogen-bond donors (Lipinski definition) is 3. The van der Waals surface area contributed by atoms with Crippen LogP contribution in [0.2, 0.25) is 0 Å². The molecule has 3 amide bonds. The molecule has 1 aliphatic carbocycles. The molecule has 2 aromatic rings. The van der Waals surface area contributed by atoms with E-state index in [4.69, 9.17) is 0 Å². The van der Waals surface area contributed by atoms with Crippen molar-refractivity contribution in [2.45, 2.75) is 25.4 Å². The van der Waals surface area contributed by atoms with Crippen LogP contribution in [0.5, 0.6) is 0 Å². The van der Waals surface area contributed by atoms with Gasteiger partial charge in [0, 0.05) is 43.6 Å². The van der Waals surface area contributed by atoms with Crippen molar-refractivity contribution in [3.05, 3.63) is 59.7 Å². The average molecular weight is 352 g/mol. The Morgan fingerprint density at radius 1 is 1.08 bits per heavy atom. The zero-order valence-electron chi connectivity index (χ0n) is 15.1. The van der Waals surface area contributed by atoms with E-state index in [0.29, 0.717) is 23.8 Å². The standard InChI is InChI=1S/C20H24N4O2/c1-24(2)18-8-3-5-14(11-18)13-21-19(25)15-6-4-7-17(12-15)23-20(26)22-16-9-10-16/h3-8,11-12,16H,9-10,13H2,1-2H3,(H,21,25)(H2,22,23,26). The quantitative estimate of drug-likeness (QED) is 0.748. The first-order valence-electron chi connectivity index (χ1n) is 8.73. The highest BCUT2D eigenvalue weighted by Crippen LogP contribution is 2.19. The number of nitrogens with zero attached hydrogens (tertiary/aromatic N) is 1. The molecule has 0 aliphatic heterocycles. The third-order valence-electron chi connectivity index (χ3n) is 4.18. The molecule has 0 saturated heterocycles. The van der Waals surface area contributed by atoms with E-state index >= 15 is 0 Å². The van der Waals surface area contributed by atoms with E-state index in [0.717, 1.165) is 24.1 Å². The molecule has 0 atom stereocenters. The molecule has 0 radical (unpaired) electrons. The lowest BCUT2D eigenvalue weighted by atomic mass is 10.1. The molecule has 0 unspecified atom stereocenters. The minimum Gasteiger partial charge on any atom is -0.378 e. The SMILES string of the molecule is CN(C)c1cccc(CNC(=O)c2cccc(NC(=O)NC3CC3)c2)c1. The van der Waals surface area contributed by atoms with Crippen molar-refractivity contribution >= 4 is 23.3 Å². The fourth-order valence-corrected chi connectivity index (χ4v) is 2.55. The first-order valence-corrected chi connectivity index (χ1v) is 8.73. The van der Waals surface area contributed by atoms with Crippen LogP contribution < -0.4 is 20.9 Å². The summed E-state index contributed by atoms with van der Waals surface area (Å²) in [5.74, 6) is -0.175. The lowest BCUT2D eigenvalue weighted by Crippen LogP contribution is -2.30. The van der Waals surface area contributed by atoms with Crippen LogP contribution in [-0.4, -0.2) is 32.1 Å². The molecule has 1 aliphatic rings. The summed E-state index contributed by atoms with van der Waals surface area (Å²) in [6.07, 6.45) is 2.07. The van der Waals surface area contributed by atoms with Crippen LogP contribution in [0, 0.1) is 0 Å². The van der Waals surface area contributed by atoms with Crippen molar-refractivity contribution in [1.29, 1.82) is 0 Å². The fraction of sp³-hybridized carbons (Fsp3) is 0.300. The van der Waals surface area contributed by atoms with Crippen molar-refractivity contribution in [2.24, 2.45) is 0 Å². The van der Waals surface area contributed by atoms with E-state index in [1.54, 1.807) is 24.3 Å². The first kappa shape index (κ1) is 17.8. The number of hydrogen-bond acceptors (Lipinski definition) is 3. The maximum Gasteiger partial charge on any atom is 0.319 e. The highest BCUT2D eigenvalue weighted by Gasteiger charge is 2.23. The molecule has 136 valence electrons. The maximum atomic E-state index is 12.4. The second kappa shape index (κ2) is 7.91. The topological polar surface area (TPSA) is 73.5 Å². The zero-order valence-corrected chi connectivity index (χ0v) is 15.1. The number of carbonyl (C=O) groups is 2. The van der Waals surface area contributed by atoms with Gasteiger partial charge in [0.15, 0.2) is 0 Å². The van der Waals surface area contributed by atoms with Crippen molar-refractivity contribution in [3.63, 3.8) is 0 Å². The van der Waals surface area contributed by atoms with Crippen LogP contribution in [0.15, 0.2) is 48.5 Å². The van der Waals surface area contributed by atoms with E-state index in [1.807, 2.05) is 43.3 Å². The predicted octanol–water partition coefficient (Wildman–Crippen LogP) is 2.97. The average Bonchev–Trinajstić information content (AvgIpc) is 3.44. The predicted molar refractivity (Wildman–Crippen MR) is 104 cm³/mol. The third kappa shape index (κ3) is 4.99. The normalized spacial score (nSPS) is 13.0. The molecule has 6 nitrogen and oxygen atoms in total. The van der Waals surface area contributed by atoms with Gasteiger partial charge < -0.3 is 20.9 Å². The van der Waals surface area contributed by atoms with Crippen LogP contribution >= 0.6 is 0 Å². The Bertz CT molecular complexity index is 800. The molecule has 1 saturated carbocycles. The van der Waals surface area contributed by atoms with Gasteiger partial charge in [-0.1, -0.05) is 18.2 Å². The summed E-state index contributed by atoms with van der Waals surface area (Å²) in [4.78, 5) is 26.2. The number of urea groups is 1. The van der Waals surface area contributed by atoms with Crippen LogP contribution in [0.3, 0.4) is 0 Å². The molecule has 0 bridgehead atoms. The van der Waals surface area contributed by atoms with Crippen molar-refractivity contribution in [2.75, 3.05) is 24.3 Å². The monoisotopic (exact) mass is 352 g/mol. The highest BCUT2D eigenvalue weighted by molar-refractivity contribution is 5.96. The lowest BCUT2D eigenvalue weighted by Gasteiger charge is -2.14. The summed E-state index contributed by atoms with van der Waals surface area (Å²) in [7, 11) is 3.96. The summed E-state index contributed by atoms with van der Waals surface area (Å²) in [5.41, 5.74) is 3.23. The van der Waals surface area contributed by atoms with Gasteiger partial charge in [0.25, 0.3) is 5.91 Å². The number of anilines is 2. The first-order chi connectivity index (χ1) is 12.5. The van der Waals surface area contributed by atoms with Gasteiger partial charge >= 0.3 is 6.03 Å². The summed E-state index contributed by atoms with van der Waals surface area (Å²) in [5, 5.41) is 8.54. The highest BCUT2D eigenvalue weighted by atomic mass is 16.2. The molecular formula is C20H24N4O2. The zero-order chi connectivity index (χ0) is 18.5. The molecule has 0 heterocycles. The lowest BCUT2D eigenvalue weighted by molar-refractivity contribution is 0.0951. The summed E-state index contributed by atoms with van der Waals surface area (Å²) in [6.45, 7) is 0.445. The second-order valence-corrected chi connectivity index (χ2v) is 6.70. The number of rotatable bonds is 6. The van der Waals surface area contributed by atoms with Gasteiger partial charge in [0.2, 0.25) is 0 Å². The van der Waals surface area contributed by atoms with Crippen LogP contribution in [0.1, 0.15) is 28.8 Å². The smallest absolute Gasteiger partial charge is 0.319 e. The molecule has 26 heavy (non-hydrogen) atoms. The molecule has 0 spiro atoms. The number of carbonyl (C=O) groups excluding carboxylic acids is 2. The van der Waals surface area contributed by atoms with E-state index in [-0.39, 0.29) is 11.9 Å². The van der Waals surface area contributed by atoms with Gasteiger partial charge in [-0.3, -0.25) is 4.79 Å². The summed E-state index contributed by atoms with van der Waals surface area (Å²) < 4.78 is 0. The Morgan fingerprint density at radius 3 is 2.58 bits per heavy atom. The molecular weight excluding hydrogens is 328 g/mol. The fourth-order valence-electron chi connectivity index (χ4n) is 2.55. The van der Waals surface area contributed by atoms with Crippen molar-refractivity contribution in [1.82, 2.24) is 10.6 Å². The molecule has 3 N–H and O–H groups in total. The van der Waals surface area contributed by atoms with Gasteiger partial charge in [-0.2, -0.15) is 0 Å². The van der Waals surface area contributed by atoms with Gasteiger partial charge in [0.1, 0.15) is 0 Å². The van der Waals surface area contributed by atoms with E-state index < -0.39 is 0 Å². The van der Waals surface area contributed by atoms with Gasteiger partial charge in [-0.25, -0.2) is 4.79 Å². The van der Waals surface area contributed by atoms with Crippen LogP contribution in [0.25, 0.3) is 0 Å². The van der Waals surface area contributed by atoms with Gasteiger partial charge in [0.05, 0.1) is 0 Å². The minimum atomic E-state index is -0.231. The van der Waals surface area contributed by atoms with Gasteiger partial charge in [-0.05, 0) is 48.7 Å². The Labute approximate surface area is 153 Å². The Morgan fingerprint density at radius 2 is 1.85 bits per heavy atom. The molecule has 6 heteroatoms. The van der Waals surface area contributed by atoms with Crippen molar-refractivity contribution < 1.29 is 9.59 Å².